The Bertz CT molecular complexity index is 791. The van der Waals surface area contributed by atoms with Crippen molar-refractivity contribution in [3.63, 3.8) is 0 Å². The van der Waals surface area contributed by atoms with E-state index in [9.17, 15) is 14.0 Å². The fraction of sp³-hybridized carbons (Fsp3) is 0.300. The second kappa shape index (κ2) is 9.10. The molecule has 2 aromatic rings. The van der Waals surface area contributed by atoms with E-state index in [0.29, 0.717) is 30.8 Å². The summed E-state index contributed by atoms with van der Waals surface area (Å²) in [6, 6.07) is 10.2. The van der Waals surface area contributed by atoms with Crippen LogP contribution in [0.15, 0.2) is 36.4 Å². The van der Waals surface area contributed by atoms with Gasteiger partial charge in [-0.15, -0.1) is 0 Å². The molecule has 0 aromatic heterocycles. The van der Waals surface area contributed by atoms with Gasteiger partial charge in [-0.05, 0) is 35.6 Å². The summed E-state index contributed by atoms with van der Waals surface area (Å²) in [7, 11) is 0. The Morgan fingerprint density at radius 3 is 2.65 bits per heavy atom. The number of fused-ring (bicyclic) bond motifs is 1. The van der Waals surface area contributed by atoms with Gasteiger partial charge >= 0.3 is 0 Å². The van der Waals surface area contributed by atoms with E-state index in [2.05, 4.69) is 0 Å². The number of nitrogens with zero attached hydrogens (tertiary/aromatic N) is 1. The molecule has 0 aliphatic carbocycles. The molecular formula is C20H23FN2O3. The first-order valence-electron chi connectivity index (χ1n) is 8.52. The van der Waals surface area contributed by atoms with Gasteiger partial charge in [-0.1, -0.05) is 37.3 Å². The highest BCUT2D eigenvalue weighted by Crippen LogP contribution is 2.29. The number of hydrogen-bond donors (Lipinski definition) is 2. The van der Waals surface area contributed by atoms with Crippen molar-refractivity contribution in [1.82, 2.24) is 4.90 Å². The maximum Gasteiger partial charge on any atom is 0.251 e. The smallest absolute Gasteiger partial charge is 0.251 e. The Kier molecular flexibility index (Phi) is 6.86. The number of aliphatic hydroxyl groups excluding tert-OH is 1. The van der Waals surface area contributed by atoms with Crippen LogP contribution in [0.5, 0.6) is 0 Å². The first kappa shape index (κ1) is 19.6. The number of hydrogen-bond acceptors (Lipinski definition) is 3. The molecule has 1 aliphatic heterocycles. The summed E-state index contributed by atoms with van der Waals surface area (Å²) < 4.78 is 14.4. The van der Waals surface area contributed by atoms with Crippen LogP contribution in [0, 0.1) is 5.82 Å². The molecule has 2 amide bonds. The highest BCUT2D eigenvalue weighted by atomic mass is 19.1. The molecule has 1 heterocycles. The maximum atomic E-state index is 14.4. The number of benzene rings is 2. The number of carbonyl (C=O) groups is 2. The average Bonchev–Trinajstić information content (AvgIpc) is 2.67. The van der Waals surface area contributed by atoms with E-state index in [1.807, 2.05) is 19.1 Å². The fourth-order valence-electron chi connectivity index (χ4n) is 2.78. The van der Waals surface area contributed by atoms with Crippen molar-refractivity contribution in [2.75, 3.05) is 13.2 Å². The molecule has 1 aliphatic rings. The third kappa shape index (κ3) is 4.46. The van der Waals surface area contributed by atoms with E-state index in [0.717, 1.165) is 30.4 Å². The van der Waals surface area contributed by atoms with Crippen LogP contribution in [0.2, 0.25) is 0 Å². The topological polar surface area (TPSA) is 83.6 Å². The lowest BCUT2D eigenvalue weighted by molar-refractivity contribution is -0.118. The standard InChI is InChI=1S/C17H15FN2O2.C3H8O/c18-16-14(2-1-3-15(16)17(19)22)12-4-5-13-9-20(10-21)7-6-11(13)8-12;1-2-3-4/h1-5,8,10H,6-7,9H2,(H2,19,22);4H,2-3H2,1H3. The van der Waals surface area contributed by atoms with Crippen molar-refractivity contribution < 1.29 is 19.1 Å². The lowest BCUT2D eigenvalue weighted by Crippen LogP contribution is -2.29. The molecule has 0 bridgehead atoms. The molecule has 138 valence electrons. The van der Waals surface area contributed by atoms with Crippen LogP contribution in [0.25, 0.3) is 11.1 Å². The molecule has 0 radical (unpaired) electrons. The summed E-state index contributed by atoms with van der Waals surface area (Å²) in [6.45, 7) is 3.48. The Balaban J connectivity index is 0.000000552. The second-order valence-corrected chi connectivity index (χ2v) is 6.06. The minimum atomic E-state index is -0.779. The summed E-state index contributed by atoms with van der Waals surface area (Å²) in [5.41, 5.74) is 8.30. The SMILES string of the molecule is CCCO.NC(=O)c1cccc(-c2ccc3c(c2)CCN(C=O)C3)c1F. The van der Waals surface area contributed by atoms with Gasteiger partial charge in [0.2, 0.25) is 6.41 Å². The van der Waals surface area contributed by atoms with E-state index in [-0.39, 0.29) is 5.56 Å². The van der Waals surface area contributed by atoms with Gasteiger partial charge in [0.25, 0.3) is 5.91 Å². The largest absolute Gasteiger partial charge is 0.396 e. The highest BCUT2D eigenvalue weighted by molar-refractivity contribution is 5.94. The molecule has 0 spiro atoms. The van der Waals surface area contributed by atoms with Crippen molar-refractivity contribution in [1.29, 1.82) is 0 Å². The minimum absolute atomic E-state index is 0.109. The summed E-state index contributed by atoms with van der Waals surface area (Å²) >= 11 is 0. The number of carbonyl (C=O) groups excluding carboxylic acids is 2. The van der Waals surface area contributed by atoms with Crippen LogP contribution >= 0.6 is 0 Å². The fourth-order valence-corrected chi connectivity index (χ4v) is 2.78. The van der Waals surface area contributed by atoms with E-state index < -0.39 is 11.7 Å². The molecule has 26 heavy (non-hydrogen) atoms. The zero-order valence-electron chi connectivity index (χ0n) is 14.7. The Morgan fingerprint density at radius 2 is 2.04 bits per heavy atom. The minimum Gasteiger partial charge on any atom is -0.396 e. The predicted octanol–water partition coefficient (Wildman–Crippen LogP) is 2.49. The summed E-state index contributed by atoms with van der Waals surface area (Å²) in [5.74, 6) is -1.38. The molecule has 5 nitrogen and oxygen atoms in total. The monoisotopic (exact) mass is 358 g/mol. The normalized spacial score (nSPS) is 12.7. The van der Waals surface area contributed by atoms with Gasteiger partial charge in [0, 0.05) is 25.3 Å². The zero-order chi connectivity index (χ0) is 19.1. The summed E-state index contributed by atoms with van der Waals surface area (Å²) in [4.78, 5) is 23.8. The summed E-state index contributed by atoms with van der Waals surface area (Å²) in [5, 5.41) is 7.88. The number of rotatable bonds is 4. The van der Waals surface area contributed by atoms with Gasteiger partial charge < -0.3 is 15.7 Å². The first-order valence-corrected chi connectivity index (χ1v) is 8.52. The molecule has 6 heteroatoms. The van der Waals surface area contributed by atoms with E-state index in [4.69, 9.17) is 10.8 Å². The van der Waals surface area contributed by atoms with Crippen LogP contribution < -0.4 is 5.73 Å². The number of aliphatic hydroxyl groups is 1. The Hall–Kier alpha value is -2.73. The third-order valence-corrected chi connectivity index (χ3v) is 4.20. The molecule has 0 fully saturated rings. The molecule has 0 saturated heterocycles. The molecule has 0 saturated carbocycles. The predicted molar refractivity (Wildman–Crippen MR) is 97.9 cm³/mol. The first-order chi connectivity index (χ1) is 12.5. The van der Waals surface area contributed by atoms with Gasteiger partial charge in [-0.25, -0.2) is 4.39 Å². The molecule has 3 N–H and O–H groups in total. The quantitative estimate of drug-likeness (QED) is 0.824. The molecular weight excluding hydrogens is 335 g/mol. The van der Waals surface area contributed by atoms with Gasteiger partial charge in [0.15, 0.2) is 0 Å². The zero-order valence-corrected chi connectivity index (χ0v) is 14.7. The van der Waals surface area contributed by atoms with E-state index in [1.54, 1.807) is 23.1 Å². The van der Waals surface area contributed by atoms with Crippen LogP contribution in [0.1, 0.15) is 34.8 Å². The van der Waals surface area contributed by atoms with Crippen molar-refractivity contribution in [3.05, 3.63) is 58.9 Å². The van der Waals surface area contributed by atoms with Gasteiger partial charge in [0.1, 0.15) is 5.82 Å². The molecule has 0 atom stereocenters. The van der Waals surface area contributed by atoms with Gasteiger partial charge in [0.05, 0.1) is 5.56 Å². The number of amides is 2. The summed E-state index contributed by atoms with van der Waals surface area (Å²) in [6.07, 6.45) is 2.45. The Morgan fingerprint density at radius 1 is 1.31 bits per heavy atom. The molecule has 2 aromatic carbocycles. The van der Waals surface area contributed by atoms with Crippen molar-refractivity contribution in [3.8, 4) is 11.1 Å². The van der Waals surface area contributed by atoms with Crippen LogP contribution in [-0.2, 0) is 17.8 Å². The highest BCUT2D eigenvalue weighted by Gasteiger charge is 2.18. The maximum absolute atomic E-state index is 14.4. The van der Waals surface area contributed by atoms with E-state index in [1.165, 1.54) is 6.07 Å². The number of halogens is 1. The lowest BCUT2D eigenvalue weighted by Gasteiger charge is -2.25. The van der Waals surface area contributed by atoms with Crippen molar-refractivity contribution >= 4 is 12.3 Å². The third-order valence-electron chi connectivity index (χ3n) is 4.20. The number of nitrogens with two attached hydrogens (primary N) is 1. The molecule has 0 unspecified atom stereocenters. The van der Waals surface area contributed by atoms with Gasteiger partial charge in [-0.2, -0.15) is 0 Å². The Labute approximate surface area is 152 Å². The lowest BCUT2D eigenvalue weighted by atomic mass is 9.94. The number of primary amides is 1. The average molecular weight is 358 g/mol. The van der Waals surface area contributed by atoms with Crippen LogP contribution in [0.4, 0.5) is 4.39 Å². The van der Waals surface area contributed by atoms with Crippen molar-refractivity contribution in [2.45, 2.75) is 26.3 Å². The van der Waals surface area contributed by atoms with Crippen LogP contribution in [-0.4, -0.2) is 35.5 Å². The van der Waals surface area contributed by atoms with E-state index >= 15 is 0 Å². The van der Waals surface area contributed by atoms with Gasteiger partial charge in [-0.3, -0.25) is 9.59 Å². The van der Waals surface area contributed by atoms with Crippen LogP contribution in [0.3, 0.4) is 0 Å². The second-order valence-electron chi connectivity index (χ2n) is 6.06. The van der Waals surface area contributed by atoms with Crippen molar-refractivity contribution in [2.24, 2.45) is 5.73 Å². The molecule has 3 rings (SSSR count).